The molecule has 1 aromatic carbocycles. The second-order valence-electron chi connectivity index (χ2n) is 5.23. The van der Waals surface area contributed by atoms with Crippen molar-refractivity contribution >= 4 is 0 Å². The van der Waals surface area contributed by atoms with Crippen molar-refractivity contribution in [3.05, 3.63) is 42.5 Å². The molecule has 0 aliphatic heterocycles. The number of aromatic hydroxyl groups is 1. The van der Waals surface area contributed by atoms with E-state index in [2.05, 4.69) is 13.5 Å². The average Bonchev–Trinajstić information content (AvgIpc) is 2.47. The summed E-state index contributed by atoms with van der Waals surface area (Å²) in [6.07, 6.45) is 10.3. The van der Waals surface area contributed by atoms with Gasteiger partial charge in [-0.05, 0) is 12.5 Å². The normalized spacial score (nSPS) is 12.2. The molecule has 0 spiro atoms. The molecule has 0 fully saturated rings. The first-order chi connectivity index (χ1) is 9.79. The zero-order valence-electron chi connectivity index (χ0n) is 12.7. The number of unbranched alkanes of at least 4 members (excludes halogenated alkanes) is 5. The molecule has 1 rings (SSSR count). The zero-order chi connectivity index (χ0) is 14.6. The van der Waals surface area contributed by atoms with Crippen molar-refractivity contribution in [2.45, 2.75) is 58.0 Å². The van der Waals surface area contributed by atoms with Gasteiger partial charge in [-0.3, -0.25) is 0 Å². The third kappa shape index (κ3) is 6.25. The van der Waals surface area contributed by atoms with Crippen LogP contribution in [0.4, 0.5) is 0 Å². The molecule has 0 radical (unpaired) electrons. The lowest BCUT2D eigenvalue weighted by molar-refractivity contribution is 0.0636. The summed E-state index contributed by atoms with van der Waals surface area (Å²) >= 11 is 0. The summed E-state index contributed by atoms with van der Waals surface area (Å²) in [6, 6.07) is 7.45. The minimum absolute atomic E-state index is 0.0274. The van der Waals surface area contributed by atoms with Crippen LogP contribution in [0.3, 0.4) is 0 Å². The summed E-state index contributed by atoms with van der Waals surface area (Å²) < 4.78 is 5.81. The molecule has 20 heavy (non-hydrogen) atoms. The van der Waals surface area contributed by atoms with Crippen LogP contribution in [0.2, 0.25) is 0 Å². The third-order valence-electron chi connectivity index (χ3n) is 3.52. The summed E-state index contributed by atoms with van der Waals surface area (Å²) in [4.78, 5) is 0. The topological polar surface area (TPSA) is 29.5 Å². The van der Waals surface area contributed by atoms with E-state index in [9.17, 15) is 5.11 Å². The Labute approximate surface area is 123 Å². The Hall–Kier alpha value is -1.28. The van der Waals surface area contributed by atoms with Gasteiger partial charge in [0.05, 0.1) is 12.7 Å². The van der Waals surface area contributed by atoms with Gasteiger partial charge >= 0.3 is 0 Å². The number of phenols is 1. The number of hydrogen-bond acceptors (Lipinski definition) is 2. The smallest absolute Gasteiger partial charge is 0.121 e. The fraction of sp³-hybridized carbons (Fsp3) is 0.556. The fourth-order valence-corrected chi connectivity index (χ4v) is 2.38. The monoisotopic (exact) mass is 276 g/mol. The van der Waals surface area contributed by atoms with Crippen LogP contribution in [0.1, 0.15) is 63.5 Å². The van der Waals surface area contributed by atoms with Crippen molar-refractivity contribution < 1.29 is 9.84 Å². The molecule has 1 N–H and O–H groups in total. The van der Waals surface area contributed by atoms with E-state index < -0.39 is 0 Å². The molecule has 1 atom stereocenters. The van der Waals surface area contributed by atoms with Crippen molar-refractivity contribution in [3.63, 3.8) is 0 Å². The van der Waals surface area contributed by atoms with Crippen LogP contribution in [-0.2, 0) is 4.74 Å². The number of benzene rings is 1. The molecule has 112 valence electrons. The van der Waals surface area contributed by atoms with Crippen LogP contribution in [-0.4, -0.2) is 11.7 Å². The van der Waals surface area contributed by atoms with E-state index in [0.717, 1.165) is 18.4 Å². The molecule has 0 aliphatic rings. The third-order valence-corrected chi connectivity index (χ3v) is 3.52. The lowest BCUT2D eigenvalue weighted by atomic mass is 10.0. The van der Waals surface area contributed by atoms with Gasteiger partial charge in [-0.25, -0.2) is 0 Å². The van der Waals surface area contributed by atoms with Crippen LogP contribution in [0, 0.1) is 0 Å². The second-order valence-corrected chi connectivity index (χ2v) is 5.23. The van der Waals surface area contributed by atoms with Crippen molar-refractivity contribution in [1.29, 1.82) is 0 Å². The van der Waals surface area contributed by atoms with Crippen LogP contribution in [0.25, 0.3) is 0 Å². The Kier molecular flexibility index (Phi) is 8.81. The zero-order valence-corrected chi connectivity index (χ0v) is 12.7. The summed E-state index contributed by atoms with van der Waals surface area (Å²) in [7, 11) is 0. The minimum atomic E-state index is -0.0274. The second kappa shape index (κ2) is 10.5. The highest BCUT2D eigenvalue weighted by atomic mass is 16.5. The molecule has 0 aliphatic carbocycles. The summed E-state index contributed by atoms with van der Waals surface area (Å²) in [5, 5.41) is 9.95. The molecular weight excluding hydrogens is 248 g/mol. The Morgan fingerprint density at radius 3 is 2.55 bits per heavy atom. The van der Waals surface area contributed by atoms with Crippen LogP contribution >= 0.6 is 0 Å². The highest BCUT2D eigenvalue weighted by Crippen LogP contribution is 2.30. The highest BCUT2D eigenvalue weighted by molar-refractivity contribution is 5.33. The minimum Gasteiger partial charge on any atom is -0.508 e. The maximum Gasteiger partial charge on any atom is 0.121 e. The number of ether oxygens (including phenoxy) is 1. The van der Waals surface area contributed by atoms with E-state index in [1.807, 2.05) is 18.2 Å². The molecule has 2 nitrogen and oxygen atoms in total. The SMILES string of the molecule is C=CCOC(CCCCCCCC)c1ccccc1O. The molecule has 0 heterocycles. The first kappa shape index (κ1) is 16.8. The molecule has 0 saturated heterocycles. The van der Waals surface area contributed by atoms with Crippen LogP contribution < -0.4 is 0 Å². The lowest BCUT2D eigenvalue weighted by Crippen LogP contribution is -2.05. The van der Waals surface area contributed by atoms with E-state index in [4.69, 9.17) is 4.74 Å². The molecular formula is C18H28O2. The van der Waals surface area contributed by atoms with E-state index in [1.165, 1.54) is 32.1 Å². The first-order valence-electron chi connectivity index (χ1n) is 7.80. The largest absolute Gasteiger partial charge is 0.508 e. The average molecular weight is 276 g/mol. The van der Waals surface area contributed by atoms with Crippen molar-refractivity contribution in [1.82, 2.24) is 0 Å². The van der Waals surface area contributed by atoms with Gasteiger partial charge in [0.2, 0.25) is 0 Å². The predicted octanol–water partition coefficient (Wildman–Crippen LogP) is 5.39. The van der Waals surface area contributed by atoms with Gasteiger partial charge in [0.1, 0.15) is 5.75 Å². The summed E-state index contributed by atoms with van der Waals surface area (Å²) in [5.74, 6) is 0.326. The van der Waals surface area contributed by atoms with Gasteiger partial charge in [-0.1, -0.05) is 69.7 Å². The number of hydrogen-bond donors (Lipinski definition) is 1. The Morgan fingerprint density at radius 1 is 1.15 bits per heavy atom. The first-order valence-corrected chi connectivity index (χ1v) is 7.80. The predicted molar refractivity (Wildman–Crippen MR) is 85.0 cm³/mol. The van der Waals surface area contributed by atoms with E-state index in [1.54, 1.807) is 12.1 Å². The van der Waals surface area contributed by atoms with Gasteiger partial charge in [-0.2, -0.15) is 0 Å². The summed E-state index contributed by atoms with van der Waals surface area (Å²) in [5.41, 5.74) is 0.892. The van der Waals surface area contributed by atoms with Gasteiger partial charge in [-0.15, -0.1) is 6.58 Å². The van der Waals surface area contributed by atoms with Crippen LogP contribution in [0.15, 0.2) is 36.9 Å². The number of para-hydroxylation sites is 1. The Balaban J connectivity index is 2.44. The van der Waals surface area contributed by atoms with E-state index >= 15 is 0 Å². The van der Waals surface area contributed by atoms with Crippen molar-refractivity contribution in [2.75, 3.05) is 6.61 Å². The number of rotatable bonds is 11. The lowest BCUT2D eigenvalue weighted by Gasteiger charge is -2.18. The van der Waals surface area contributed by atoms with Crippen molar-refractivity contribution in [2.24, 2.45) is 0 Å². The van der Waals surface area contributed by atoms with Gasteiger partial charge < -0.3 is 9.84 Å². The molecule has 0 aromatic heterocycles. The molecule has 1 unspecified atom stereocenters. The Bertz CT molecular complexity index is 373. The molecule has 2 heteroatoms. The van der Waals surface area contributed by atoms with Crippen molar-refractivity contribution in [3.8, 4) is 5.75 Å². The van der Waals surface area contributed by atoms with E-state index in [-0.39, 0.29) is 6.10 Å². The summed E-state index contributed by atoms with van der Waals surface area (Å²) in [6.45, 7) is 6.45. The fourth-order valence-electron chi connectivity index (χ4n) is 2.38. The quantitative estimate of drug-likeness (QED) is 0.434. The maximum absolute atomic E-state index is 9.95. The van der Waals surface area contributed by atoms with Gasteiger partial charge in [0, 0.05) is 5.56 Å². The van der Waals surface area contributed by atoms with E-state index in [0.29, 0.717) is 12.4 Å². The molecule has 0 amide bonds. The molecule has 0 bridgehead atoms. The standard InChI is InChI=1S/C18H28O2/c1-3-5-6-7-8-9-14-18(20-15-4-2)16-12-10-11-13-17(16)19/h4,10-13,18-19H,2-3,5-9,14-15H2,1H3. The maximum atomic E-state index is 9.95. The Morgan fingerprint density at radius 2 is 1.85 bits per heavy atom. The molecule has 0 saturated carbocycles. The van der Waals surface area contributed by atoms with Gasteiger partial charge in [0.15, 0.2) is 0 Å². The highest BCUT2D eigenvalue weighted by Gasteiger charge is 2.14. The van der Waals surface area contributed by atoms with Crippen LogP contribution in [0.5, 0.6) is 5.75 Å². The number of phenolic OH excluding ortho intramolecular Hbond substituents is 1. The van der Waals surface area contributed by atoms with Gasteiger partial charge in [0.25, 0.3) is 0 Å². The molecule has 1 aromatic rings.